The minimum Gasteiger partial charge on any atom is -0.488 e. The van der Waals surface area contributed by atoms with Gasteiger partial charge in [-0.1, -0.05) is 30.3 Å². The Hall–Kier alpha value is -1.83. The van der Waals surface area contributed by atoms with Crippen LogP contribution < -0.4 is 4.74 Å². The van der Waals surface area contributed by atoms with Crippen molar-refractivity contribution >= 4 is 0 Å². The highest BCUT2D eigenvalue weighted by atomic mass is 16.5. The molecule has 0 atom stereocenters. The van der Waals surface area contributed by atoms with Crippen LogP contribution in [0.3, 0.4) is 0 Å². The zero-order valence-corrected chi connectivity index (χ0v) is 11.4. The van der Waals surface area contributed by atoms with E-state index in [1.54, 1.807) is 0 Å². The van der Waals surface area contributed by atoms with E-state index >= 15 is 0 Å². The summed E-state index contributed by atoms with van der Waals surface area (Å²) in [7, 11) is 0. The number of ether oxygens (including phenoxy) is 1. The van der Waals surface area contributed by atoms with Crippen molar-refractivity contribution in [2.45, 2.75) is 34.3 Å². The van der Waals surface area contributed by atoms with Crippen LogP contribution in [0.4, 0.5) is 0 Å². The summed E-state index contributed by atoms with van der Waals surface area (Å²) < 4.78 is 5.98. The zero-order valence-electron chi connectivity index (χ0n) is 11.4. The van der Waals surface area contributed by atoms with E-state index in [4.69, 9.17) is 4.74 Å². The standard InChI is InChI=1S/C16H19NO/c1-11-13(3)17-14(4)12(2)16(11)18-10-15-8-6-5-7-9-15/h5-9H,10H2,1-4H3. The van der Waals surface area contributed by atoms with Gasteiger partial charge < -0.3 is 4.74 Å². The van der Waals surface area contributed by atoms with Crippen LogP contribution in [-0.2, 0) is 6.61 Å². The summed E-state index contributed by atoms with van der Waals surface area (Å²) in [5.74, 6) is 0.976. The number of benzene rings is 1. The van der Waals surface area contributed by atoms with Crippen LogP contribution in [0.2, 0.25) is 0 Å². The van der Waals surface area contributed by atoms with Gasteiger partial charge in [0.2, 0.25) is 0 Å². The molecule has 0 saturated carbocycles. The van der Waals surface area contributed by atoms with Crippen LogP contribution in [0.25, 0.3) is 0 Å². The maximum Gasteiger partial charge on any atom is 0.129 e. The van der Waals surface area contributed by atoms with Crippen LogP contribution in [0, 0.1) is 27.7 Å². The van der Waals surface area contributed by atoms with Crippen molar-refractivity contribution in [2.75, 3.05) is 0 Å². The predicted molar refractivity (Wildman–Crippen MR) is 74.0 cm³/mol. The maximum atomic E-state index is 5.98. The predicted octanol–water partition coefficient (Wildman–Crippen LogP) is 3.89. The molecule has 0 saturated heterocycles. The van der Waals surface area contributed by atoms with E-state index in [0.29, 0.717) is 6.61 Å². The molecule has 0 aliphatic heterocycles. The van der Waals surface area contributed by atoms with Gasteiger partial charge in [0.05, 0.1) is 0 Å². The van der Waals surface area contributed by atoms with Crippen molar-refractivity contribution in [3.05, 3.63) is 58.4 Å². The summed E-state index contributed by atoms with van der Waals surface area (Å²) in [6, 6.07) is 10.2. The highest BCUT2D eigenvalue weighted by molar-refractivity contribution is 5.44. The summed E-state index contributed by atoms with van der Waals surface area (Å²) in [6.45, 7) is 8.78. The van der Waals surface area contributed by atoms with E-state index in [0.717, 1.165) is 28.3 Å². The molecule has 0 radical (unpaired) electrons. The third-order valence-corrected chi connectivity index (χ3v) is 3.33. The SMILES string of the molecule is Cc1nc(C)c(C)c(OCc2ccccc2)c1C. The minimum atomic E-state index is 0.603. The van der Waals surface area contributed by atoms with Crippen molar-refractivity contribution < 1.29 is 4.74 Å². The maximum absolute atomic E-state index is 5.98. The topological polar surface area (TPSA) is 22.1 Å². The molecule has 0 amide bonds. The highest BCUT2D eigenvalue weighted by Gasteiger charge is 2.10. The molecule has 2 nitrogen and oxygen atoms in total. The molecular weight excluding hydrogens is 222 g/mol. The first kappa shape index (κ1) is 12.6. The van der Waals surface area contributed by atoms with Crippen LogP contribution >= 0.6 is 0 Å². The second-order valence-corrected chi connectivity index (χ2v) is 4.64. The molecule has 2 heteroatoms. The third kappa shape index (κ3) is 2.53. The van der Waals surface area contributed by atoms with Gasteiger partial charge in [-0.3, -0.25) is 4.98 Å². The Labute approximate surface area is 109 Å². The second kappa shape index (κ2) is 5.21. The normalized spacial score (nSPS) is 10.4. The van der Waals surface area contributed by atoms with Gasteiger partial charge >= 0.3 is 0 Å². The molecule has 2 rings (SSSR count). The Morgan fingerprint density at radius 1 is 0.889 bits per heavy atom. The quantitative estimate of drug-likeness (QED) is 0.813. The molecule has 0 bridgehead atoms. The molecule has 1 heterocycles. The van der Waals surface area contributed by atoms with Crippen LogP contribution in [0.15, 0.2) is 30.3 Å². The molecule has 1 aromatic carbocycles. The molecule has 0 N–H and O–H groups in total. The van der Waals surface area contributed by atoms with Crippen molar-refractivity contribution in [3.63, 3.8) is 0 Å². The lowest BCUT2D eigenvalue weighted by Crippen LogP contribution is -2.03. The monoisotopic (exact) mass is 241 g/mol. The fourth-order valence-electron chi connectivity index (χ4n) is 1.98. The number of nitrogens with zero attached hydrogens (tertiary/aromatic N) is 1. The van der Waals surface area contributed by atoms with Gasteiger partial charge in [0.15, 0.2) is 0 Å². The number of hydrogen-bond donors (Lipinski definition) is 0. The van der Waals surface area contributed by atoms with Gasteiger partial charge in [0.25, 0.3) is 0 Å². The fraction of sp³-hybridized carbons (Fsp3) is 0.312. The summed E-state index contributed by atoms with van der Waals surface area (Å²) in [5, 5.41) is 0. The first-order valence-electron chi connectivity index (χ1n) is 6.20. The molecule has 0 unspecified atom stereocenters. The Balaban J connectivity index is 2.24. The van der Waals surface area contributed by atoms with Crippen molar-refractivity contribution in [1.29, 1.82) is 0 Å². The number of rotatable bonds is 3. The Morgan fingerprint density at radius 3 is 2.00 bits per heavy atom. The minimum absolute atomic E-state index is 0.603. The molecule has 0 fully saturated rings. The first-order chi connectivity index (χ1) is 8.59. The van der Waals surface area contributed by atoms with Crippen molar-refractivity contribution in [2.24, 2.45) is 0 Å². The van der Waals surface area contributed by atoms with Crippen LogP contribution in [0.1, 0.15) is 28.1 Å². The Bertz CT molecular complexity index is 521. The lowest BCUT2D eigenvalue weighted by molar-refractivity contribution is 0.301. The third-order valence-electron chi connectivity index (χ3n) is 3.33. The molecule has 0 aliphatic carbocycles. The molecule has 0 spiro atoms. The van der Waals surface area contributed by atoms with Gasteiger partial charge in [0.1, 0.15) is 12.4 Å². The molecule has 94 valence electrons. The van der Waals surface area contributed by atoms with Gasteiger partial charge in [-0.2, -0.15) is 0 Å². The Kier molecular flexibility index (Phi) is 3.66. The summed E-state index contributed by atoms with van der Waals surface area (Å²) in [4.78, 5) is 4.51. The van der Waals surface area contributed by atoms with Crippen LogP contribution in [0.5, 0.6) is 5.75 Å². The van der Waals surface area contributed by atoms with Crippen LogP contribution in [-0.4, -0.2) is 4.98 Å². The van der Waals surface area contributed by atoms with E-state index < -0.39 is 0 Å². The number of pyridine rings is 1. The molecule has 0 aliphatic rings. The smallest absolute Gasteiger partial charge is 0.129 e. The van der Waals surface area contributed by atoms with E-state index in [2.05, 4.69) is 31.0 Å². The molecule has 2 aromatic rings. The average molecular weight is 241 g/mol. The highest BCUT2D eigenvalue weighted by Crippen LogP contribution is 2.27. The van der Waals surface area contributed by atoms with E-state index in [9.17, 15) is 0 Å². The number of aryl methyl sites for hydroxylation is 2. The first-order valence-corrected chi connectivity index (χ1v) is 6.20. The van der Waals surface area contributed by atoms with Crippen molar-refractivity contribution in [3.8, 4) is 5.75 Å². The lowest BCUT2D eigenvalue weighted by atomic mass is 10.1. The van der Waals surface area contributed by atoms with E-state index in [1.807, 2.05) is 32.0 Å². The number of aromatic nitrogens is 1. The summed E-state index contributed by atoms with van der Waals surface area (Å²) >= 11 is 0. The zero-order chi connectivity index (χ0) is 13.1. The van der Waals surface area contributed by atoms with Crippen molar-refractivity contribution in [1.82, 2.24) is 4.98 Å². The fourth-order valence-corrected chi connectivity index (χ4v) is 1.98. The second-order valence-electron chi connectivity index (χ2n) is 4.64. The Morgan fingerprint density at radius 2 is 1.44 bits per heavy atom. The summed E-state index contributed by atoms with van der Waals surface area (Å²) in [6.07, 6.45) is 0. The van der Waals surface area contributed by atoms with Gasteiger partial charge in [-0.15, -0.1) is 0 Å². The van der Waals surface area contributed by atoms with Gasteiger partial charge in [0, 0.05) is 22.5 Å². The van der Waals surface area contributed by atoms with E-state index in [1.165, 1.54) is 5.56 Å². The molecule has 18 heavy (non-hydrogen) atoms. The average Bonchev–Trinajstić information content (AvgIpc) is 2.38. The van der Waals surface area contributed by atoms with Gasteiger partial charge in [-0.25, -0.2) is 0 Å². The lowest BCUT2D eigenvalue weighted by Gasteiger charge is -2.15. The summed E-state index contributed by atoms with van der Waals surface area (Å²) in [5.41, 5.74) is 5.54. The van der Waals surface area contributed by atoms with Gasteiger partial charge in [-0.05, 0) is 33.3 Å². The molecule has 1 aromatic heterocycles. The largest absolute Gasteiger partial charge is 0.488 e. The molecular formula is C16H19NO. The van der Waals surface area contributed by atoms with E-state index in [-0.39, 0.29) is 0 Å². The number of hydrogen-bond acceptors (Lipinski definition) is 2.